The molecule has 0 aliphatic carbocycles. The molecule has 2 heterocycles. The molecule has 0 unspecified atom stereocenters. The van der Waals surface area contributed by atoms with Crippen molar-refractivity contribution in [3.8, 4) is 45.5 Å². The third-order valence-electron chi connectivity index (χ3n) is 7.95. The quantitative estimate of drug-likeness (QED) is 0.219. The summed E-state index contributed by atoms with van der Waals surface area (Å²) in [6.45, 7) is 0. The Morgan fingerprint density at radius 2 is 1.17 bits per heavy atom. The van der Waals surface area contributed by atoms with E-state index >= 15 is 0 Å². The smallest absolute Gasteiger partial charge is 0.136 e. The molecule has 194 valence electrons. The van der Waals surface area contributed by atoms with Gasteiger partial charge in [-0.1, -0.05) is 66.7 Å². The predicted molar refractivity (Wildman–Crippen MR) is 172 cm³/mol. The Labute approximate surface area is 245 Å². The molecule has 0 saturated heterocycles. The van der Waals surface area contributed by atoms with Crippen molar-refractivity contribution in [2.75, 3.05) is 0 Å². The van der Waals surface area contributed by atoms with Gasteiger partial charge in [0.15, 0.2) is 0 Å². The van der Waals surface area contributed by atoms with Gasteiger partial charge in [-0.05, 0) is 82.4 Å². The zero-order valence-electron chi connectivity index (χ0n) is 22.3. The molecule has 0 aliphatic rings. The van der Waals surface area contributed by atoms with E-state index in [2.05, 4.69) is 84.9 Å². The number of hydrogen-bond donors (Lipinski definition) is 0. The van der Waals surface area contributed by atoms with Crippen LogP contribution in [0.4, 0.5) is 0 Å². The predicted octanol–water partition coefficient (Wildman–Crippen LogP) is 10.7. The van der Waals surface area contributed by atoms with E-state index in [4.69, 9.17) is 4.42 Å². The summed E-state index contributed by atoms with van der Waals surface area (Å²) in [5, 5.41) is 24.6. The number of nitrogens with zero attached hydrogens (tertiary/aromatic N) is 2. The second-order valence-electron chi connectivity index (χ2n) is 10.3. The first-order valence-electron chi connectivity index (χ1n) is 13.6. The first kappa shape index (κ1) is 24.1. The Morgan fingerprint density at radius 3 is 2.00 bits per heavy atom. The third-order valence-corrected chi connectivity index (χ3v) is 9.09. The Balaban J connectivity index is 1.43. The fourth-order valence-corrected chi connectivity index (χ4v) is 7.21. The van der Waals surface area contributed by atoms with Gasteiger partial charge in [0.1, 0.15) is 11.2 Å². The Hall–Kier alpha value is -5.68. The van der Waals surface area contributed by atoms with Crippen molar-refractivity contribution in [1.82, 2.24) is 0 Å². The topological polar surface area (TPSA) is 60.7 Å². The van der Waals surface area contributed by atoms with E-state index < -0.39 is 0 Å². The normalized spacial score (nSPS) is 11.3. The fraction of sp³-hybridized carbons (Fsp3) is 0. The van der Waals surface area contributed by atoms with Crippen LogP contribution in [0, 0.1) is 22.7 Å². The van der Waals surface area contributed by atoms with Crippen LogP contribution in [-0.4, -0.2) is 0 Å². The molecule has 4 heteroatoms. The summed E-state index contributed by atoms with van der Waals surface area (Å²) in [6, 6.07) is 45.6. The molecular formula is C38H20N2OS. The average molecular weight is 553 g/mol. The zero-order chi connectivity index (χ0) is 28.2. The number of para-hydroxylation sites is 1. The van der Waals surface area contributed by atoms with Gasteiger partial charge in [0.05, 0.1) is 23.3 Å². The van der Waals surface area contributed by atoms with E-state index in [0.29, 0.717) is 16.7 Å². The minimum atomic E-state index is 0.476. The first-order valence-corrected chi connectivity index (χ1v) is 14.4. The Bertz CT molecular complexity index is 2420. The van der Waals surface area contributed by atoms with Crippen LogP contribution in [0.2, 0.25) is 0 Å². The van der Waals surface area contributed by atoms with Crippen molar-refractivity contribution in [3.63, 3.8) is 0 Å². The first-order chi connectivity index (χ1) is 20.7. The van der Waals surface area contributed by atoms with Crippen molar-refractivity contribution in [2.45, 2.75) is 0 Å². The van der Waals surface area contributed by atoms with Crippen LogP contribution in [-0.2, 0) is 0 Å². The second-order valence-corrected chi connectivity index (χ2v) is 11.4. The van der Waals surface area contributed by atoms with Crippen LogP contribution in [0.5, 0.6) is 0 Å². The molecule has 2 aromatic heterocycles. The summed E-state index contributed by atoms with van der Waals surface area (Å²) in [5.74, 6) is 0. The van der Waals surface area contributed by atoms with E-state index in [1.807, 2.05) is 30.3 Å². The number of nitriles is 2. The molecule has 0 aliphatic heterocycles. The highest BCUT2D eigenvalue weighted by Crippen LogP contribution is 2.42. The highest BCUT2D eigenvalue weighted by atomic mass is 32.1. The Kier molecular flexibility index (Phi) is 5.44. The van der Waals surface area contributed by atoms with E-state index in [0.717, 1.165) is 49.8 Å². The van der Waals surface area contributed by atoms with Crippen LogP contribution in [0.25, 0.3) is 75.5 Å². The summed E-state index contributed by atoms with van der Waals surface area (Å²) in [6.07, 6.45) is 0. The van der Waals surface area contributed by atoms with Gasteiger partial charge >= 0.3 is 0 Å². The molecule has 42 heavy (non-hydrogen) atoms. The molecule has 6 aromatic carbocycles. The lowest BCUT2D eigenvalue weighted by Gasteiger charge is -2.14. The SMILES string of the molecule is N#Cc1cccc(C#N)c1-c1cc(-c2ccc3c(c2)sc2ccccc23)cc(-c2cccc3oc4ccccc4c23)c1. The van der Waals surface area contributed by atoms with E-state index in [1.54, 1.807) is 29.5 Å². The fourth-order valence-electron chi connectivity index (χ4n) is 6.06. The van der Waals surface area contributed by atoms with Crippen LogP contribution >= 0.6 is 11.3 Å². The molecular weight excluding hydrogens is 532 g/mol. The van der Waals surface area contributed by atoms with Crippen LogP contribution < -0.4 is 0 Å². The average Bonchev–Trinajstić information content (AvgIpc) is 3.62. The second kappa shape index (κ2) is 9.46. The minimum absolute atomic E-state index is 0.476. The number of fused-ring (bicyclic) bond motifs is 6. The third kappa shape index (κ3) is 3.71. The highest BCUT2D eigenvalue weighted by molar-refractivity contribution is 7.25. The maximum Gasteiger partial charge on any atom is 0.136 e. The molecule has 0 atom stereocenters. The molecule has 0 radical (unpaired) electrons. The van der Waals surface area contributed by atoms with Crippen LogP contribution in [0.15, 0.2) is 126 Å². The standard InChI is InChI=1S/C38H20N2OS/c39-21-24-7-5-8-25(22-40)37(24)28-18-26(23-15-16-31-30-9-2-4-14-35(30)42-36(31)20-23)17-27(19-28)29-11-6-13-34-38(29)32-10-1-3-12-33(32)41-34/h1-20H. The van der Waals surface area contributed by atoms with Gasteiger partial charge in [0.2, 0.25) is 0 Å². The lowest BCUT2D eigenvalue weighted by molar-refractivity contribution is 0.669. The van der Waals surface area contributed by atoms with Crippen LogP contribution in [0.1, 0.15) is 11.1 Å². The zero-order valence-corrected chi connectivity index (χ0v) is 23.1. The summed E-state index contributed by atoms with van der Waals surface area (Å²) in [5.41, 5.74) is 8.22. The largest absolute Gasteiger partial charge is 0.456 e. The number of hydrogen-bond acceptors (Lipinski definition) is 4. The maximum absolute atomic E-state index is 10.0. The van der Waals surface area contributed by atoms with Gasteiger partial charge < -0.3 is 4.42 Å². The maximum atomic E-state index is 10.0. The van der Waals surface area contributed by atoms with Gasteiger partial charge in [0, 0.05) is 36.5 Å². The molecule has 0 N–H and O–H groups in total. The summed E-state index contributed by atoms with van der Waals surface area (Å²) >= 11 is 1.79. The molecule has 0 amide bonds. The molecule has 0 saturated carbocycles. The van der Waals surface area contributed by atoms with E-state index in [-0.39, 0.29) is 0 Å². The highest BCUT2D eigenvalue weighted by Gasteiger charge is 2.17. The van der Waals surface area contributed by atoms with Crippen molar-refractivity contribution < 1.29 is 4.42 Å². The molecule has 0 fully saturated rings. The minimum Gasteiger partial charge on any atom is -0.456 e. The van der Waals surface area contributed by atoms with Crippen molar-refractivity contribution in [1.29, 1.82) is 10.5 Å². The number of rotatable bonds is 3. The molecule has 8 aromatic rings. The van der Waals surface area contributed by atoms with Gasteiger partial charge in [0.25, 0.3) is 0 Å². The van der Waals surface area contributed by atoms with Crippen molar-refractivity contribution >= 4 is 53.4 Å². The lowest BCUT2D eigenvalue weighted by Crippen LogP contribution is -1.92. The van der Waals surface area contributed by atoms with Gasteiger partial charge in [-0.2, -0.15) is 10.5 Å². The number of furan rings is 1. The number of thiophene rings is 1. The number of benzene rings is 6. The molecule has 0 bridgehead atoms. The van der Waals surface area contributed by atoms with Gasteiger partial charge in [-0.3, -0.25) is 0 Å². The van der Waals surface area contributed by atoms with Crippen molar-refractivity contribution in [2.24, 2.45) is 0 Å². The summed E-state index contributed by atoms with van der Waals surface area (Å²) in [7, 11) is 0. The lowest BCUT2D eigenvalue weighted by atomic mass is 9.88. The van der Waals surface area contributed by atoms with Gasteiger partial charge in [-0.15, -0.1) is 11.3 Å². The van der Waals surface area contributed by atoms with E-state index in [9.17, 15) is 10.5 Å². The van der Waals surface area contributed by atoms with Gasteiger partial charge in [-0.25, -0.2) is 0 Å². The van der Waals surface area contributed by atoms with Crippen LogP contribution in [0.3, 0.4) is 0 Å². The summed E-state index contributed by atoms with van der Waals surface area (Å²) < 4.78 is 8.69. The summed E-state index contributed by atoms with van der Waals surface area (Å²) in [4.78, 5) is 0. The Morgan fingerprint density at radius 1 is 0.500 bits per heavy atom. The molecule has 8 rings (SSSR count). The van der Waals surface area contributed by atoms with E-state index in [1.165, 1.54) is 20.2 Å². The molecule has 3 nitrogen and oxygen atoms in total. The molecule has 0 spiro atoms. The van der Waals surface area contributed by atoms with Crippen molar-refractivity contribution in [3.05, 3.63) is 132 Å². The monoisotopic (exact) mass is 552 g/mol.